The second kappa shape index (κ2) is 9.88. The van der Waals surface area contributed by atoms with E-state index < -0.39 is 0 Å². The standard InChI is InChI=1S/C29H29NO2/c1-4-16-28-24(10-1)11-7-17-29(28)32-27-15-6-9-23(19-27)21-30-20-22-8-5-14-26(18-22)31-25-12-2-3-13-25/h1,4-11,14-19,25,30H,2-3,12-13,20-21H2. The third-order valence-electron chi connectivity index (χ3n) is 6.04. The Morgan fingerprint density at radius 3 is 2.16 bits per heavy atom. The summed E-state index contributed by atoms with van der Waals surface area (Å²) in [6, 6.07) is 31.2. The van der Waals surface area contributed by atoms with Gasteiger partial charge in [0.2, 0.25) is 0 Å². The Bertz CT molecular complexity index is 1180. The SMILES string of the molecule is c1cc(CNCc2cccc(OC3CCCC3)c2)cc(Oc2cccc3ccccc23)c1. The molecule has 1 aliphatic rings. The number of nitrogens with one attached hydrogen (secondary N) is 1. The van der Waals surface area contributed by atoms with E-state index in [4.69, 9.17) is 9.47 Å². The fraction of sp³-hybridized carbons (Fsp3) is 0.241. The molecule has 0 heterocycles. The molecule has 3 nitrogen and oxygen atoms in total. The molecule has 5 rings (SSSR count). The van der Waals surface area contributed by atoms with Crippen LogP contribution in [0.1, 0.15) is 36.8 Å². The van der Waals surface area contributed by atoms with Gasteiger partial charge in [0.15, 0.2) is 0 Å². The maximum atomic E-state index is 6.23. The van der Waals surface area contributed by atoms with Gasteiger partial charge in [-0.05, 0) is 72.5 Å². The summed E-state index contributed by atoms with van der Waals surface area (Å²) in [6.45, 7) is 1.58. The van der Waals surface area contributed by atoms with Crippen LogP contribution in [0.2, 0.25) is 0 Å². The largest absolute Gasteiger partial charge is 0.490 e. The number of fused-ring (bicyclic) bond motifs is 1. The minimum atomic E-state index is 0.391. The van der Waals surface area contributed by atoms with Crippen molar-refractivity contribution in [3.8, 4) is 17.2 Å². The van der Waals surface area contributed by atoms with E-state index in [1.807, 2.05) is 30.3 Å². The number of rotatable bonds is 8. The van der Waals surface area contributed by atoms with Crippen molar-refractivity contribution in [2.75, 3.05) is 0 Å². The van der Waals surface area contributed by atoms with E-state index in [1.165, 1.54) is 42.2 Å². The third kappa shape index (κ3) is 5.12. The molecular formula is C29H29NO2. The first kappa shape index (κ1) is 20.6. The monoisotopic (exact) mass is 423 g/mol. The van der Waals surface area contributed by atoms with Crippen LogP contribution in [0.4, 0.5) is 0 Å². The number of benzene rings is 4. The van der Waals surface area contributed by atoms with Gasteiger partial charge < -0.3 is 14.8 Å². The van der Waals surface area contributed by atoms with Crippen LogP contribution < -0.4 is 14.8 Å². The van der Waals surface area contributed by atoms with E-state index in [9.17, 15) is 0 Å². The second-order valence-electron chi connectivity index (χ2n) is 8.50. The van der Waals surface area contributed by atoms with Crippen molar-refractivity contribution in [1.29, 1.82) is 0 Å². The molecule has 0 spiro atoms. The van der Waals surface area contributed by atoms with Crippen molar-refractivity contribution in [3.05, 3.63) is 102 Å². The Labute approximate surface area is 190 Å². The molecule has 4 aromatic rings. The minimum absolute atomic E-state index is 0.391. The molecule has 3 heteroatoms. The van der Waals surface area contributed by atoms with E-state index in [-0.39, 0.29) is 0 Å². The van der Waals surface area contributed by atoms with Crippen LogP contribution >= 0.6 is 0 Å². The molecule has 0 atom stereocenters. The molecule has 1 fully saturated rings. The summed E-state index contributed by atoms with van der Waals surface area (Å²) in [6.07, 6.45) is 5.33. The highest BCUT2D eigenvalue weighted by molar-refractivity contribution is 5.88. The molecule has 0 aliphatic heterocycles. The highest BCUT2D eigenvalue weighted by atomic mass is 16.5. The van der Waals surface area contributed by atoms with E-state index in [1.54, 1.807) is 0 Å². The van der Waals surface area contributed by atoms with Gasteiger partial charge in [-0.3, -0.25) is 0 Å². The van der Waals surface area contributed by atoms with Crippen molar-refractivity contribution >= 4 is 10.8 Å². The minimum Gasteiger partial charge on any atom is -0.490 e. The first-order chi connectivity index (χ1) is 15.8. The van der Waals surface area contributed by atoms with E-state index >= 15 is 0 Å². The predicted molar refractivity (Wildman–Crippen MR) is 130 cm³/mol. The average molecular weight is 424 g/mol. The van der Waals surface area contributed by atoms with E-state index in [0.717, 1.165) is 35.7 Å². The Kier molecular flexibility index (Phi) is 6.36. The van der Waals surface area contributed by atoms with Gasteiger partial charge in [0.05, 0.1) is 6.10 Å². The van der Waals surface area contributed by atoms with Crippen molar-refractivity contribution in [1.82, 2.24) is 5.32 Å². The second-order valence-corrected chi connectivity index (χ2v) is 8.50. The number of hydrogen-bond acceptors (Lipinski definition) is 3. The summed E-state index contributed by atoms with van der Waals surface area (Å²) < 4.78 is 12.4. The van der Waals surface area contributed by atoms with Crippen molar-refractivity contribution in [2.24, 2.45) is 0 Å². The molecule has 32 heavy (non-hydrogen) atoms. The molecule has 0 bridgehead atoms. The summed E-state index contributed by atoms with van der Waals surface area (Å²) in [5.74, 6) is 2.72. The van der Waals surface area contributed by atoms with Crippen LogP contribution in [-0.2, 0) is 13.1 Å². The molecule has 0 aromatic heterocycles. The summed E-state index contributed by atoms with van der Waals surface area (Å²) in [5, 5.41) is 5.85. The van der Waals surface area contributed by atoms with Crippen molar-refractivity contribution in [3.63, 3.8) is 0 Å². The molecule has 0 radical (unpaired) electrons. The number of ether oxygens (including phenoxy) is 2. The normalized spacial score (nSPS) is 14.0. The van der Waals surface area contributed by atoms with Gasteiger partial charge in [0.1, 0.15) is 17.2 Å². The molecule has 0 unspecified atom stereocenters. The Balaban J connectivity index is 1.19. The molecule has 0 amide bonds. The maximum Gasteiger partial charge on any atom is 0.135 e. The zero-order valence-corrected chi connectivity index (χ0v) is 18.3. The van der Waals surface area contributed by atoms with Gasteiger partial charge in [-0.1, -0.05) is 60.7 Å². The molecule has 162 valence electrons. The zero-order chi connectivity index (χ0) is 21.6. The third-order valence-corrected chi connectivity index (χ3v) is 6.04. The van der Waals surface area contributed by atoms with Crippen molar-refractivity contribution in [2.45, 2.75) is 44.9 Å². The highest BCUT2D eigenvalue weighted by Gasteiger charge is 2.16. The van der Waals surface area contributed by atoms with Gasteiger partial charge in [0, 0.05) is 18.5 Å². The van der Waals surface area contributed by atoms with Gasteiger partial charge in [0.25, 0.3) is 0 Å². The highest BCUT2D eigenvalue weighted by Crippen LogP contribution is 2.30. The lowest BCUT2D eigenvalue weighted by molar-refractivity contribution is 0.210. The van der Waals surface area contributed by atoms with Crippen LogP contribution in [0.3, 0.4) is 0 Å². The fourth-order valence-corrected chi connectivity index (χ4v) is 4.41. The molecule has 1 N–H and O–H groups in total. The van der Waals surface area contributed by atoms with E-state index in [0.29, 0.717) is 6.10 Å². The Hall–Kier alpha value is -3.30. The van der Waals surface area contributed by atoms with E-state index in [2.05, 4.69) is 66.0 Å². The summed E-state index contributed by atoms with van der Waals surface area (Å²) in [4.78, 5) is 0. The summed E-state index contributed by atoms with van der Waals surface area (Å²) in [7, 11) is 0. The van der Waals surface area contributed by atoms with Gasteiger partial charge >= 0.3 is 0 Å². The molecule has 4 aromatic carbocycles. The lowest BCUT2D eigenvalue weighted by atomic mass is 10.1. The topological polar surface area (TPSA) is 30.5 Å². The van der Waals surface area contributed by atoms with Crippen LogP contribution in [0.25, 0.3) is 10.8 Å². The first-order valence-electron chi connectivity index (χ1n) is 11.5. The van der Waals surface area contributed by atoms with Crippen LogP contribution in [0, 0.1) is 0 Å². The van der Waals surface area contributed by atoms with Gasteiger partial charge in [-0.15, -0.1) is 0 Å². The predicted octanol–water partition coefficient (Wildman–Crippen LogP) is 7.24. The number of hydrogen-bond donors (Lipinski definition) is 1. The van der Waals surface area contributed by atoms with Crippen LogP contribution in [0.5, 0.6) is 17.2 Å². The molecule has 1 aliphatic carbocycles. The zero-order valence-electron chi connectivity index (χ0n) is 18.3. The Morgan fingerprint density at radius 2 is 1.34 bits per heavy atom. The summed E-state index contributed by atoms with van der Waals surface area (Å²) in [5.41, 5.74) is 2.43. The average Bonchev–Trinajstić information content (AvgIpc) is 3.33. The van der Waals surface area contributed by atoms with Crippen LogP contribution in [-0.4, -0.2) is 6.10 Å². The lowest BCUT2D eigenvalue weighted by Gasteiger charge is -2.14. The lowest BCUT2D eigenvalue weighted by Crippen LogP contribution is -2.14. The first-order valence-corrected chi connectivity index (χ1v) is 11.5. The quantitative estimate of drug-likeness (QED) is 0.324. The molecule has 1 saturated carbocycles. The smallest absolute Gasteiger partial charge is 0.135 e. The van der Waals surface area contributed by atoms with Crippen molar-refractivity contribution < 1.29 is 9.47 Å². The molecular weight excluding hydrogens is 394 g/mol. The summed E-state index contributed by atoms with van der Waals surface area (Å²) >= 11 is 0. The van der Waals surface area contributed by atoms with Gasteiger partial charge in [-0.25, -0.2) is 0 Å². The maximum absolute atomic E-state index is 6.23. The van der Waals surface area contributed by atoms with Gasteiger partial charge in [-0.2, -0.15) is 0 Å². The molecule has 0 saturated heterocycles. The van der Waals surface area contributed by atoms with Crippen LogP contribution in [0.15, 0.2) is 91.0 Å². The Morgan fingerprint density at radius 1 is 0.688 bits per heavy atom. The fourth-order valence-electron chi connectivity index (χ4n) is 4.41.